The highest BCUT2D eigenvalue weighted by Gasteiger charge is 2.22. The number of carbonyl (C=O) groups is 1. The Morgan fingerprint density at radius 3 is 2.57 bits per heavy atom. The van der Waals surface area contributed by atoms with Crippen LogP contribution >= 0.6 is 11.3 Å². The molecule has 0 radical (unpaired) electrons. The number of thiophene rings is 1. The standard InChI is InChI=1S/C27H18N2O4S2/c30-27(22-14-18-12-13-28-16-23(18)33-22)29-15-17-8-10-19(11-9-17)35(31,32)25-7-3-5-21-20-4-1-2-6-24(20)34-26(21)25/h1-14,16H,15H2,(H,29,30). The van der Waals surface area contributed by atoms with Crippen LogP contribution in [-0.2, 0) is 16.4 Å². The average molecular weight is 499 g/mol. The quantitative estimate of drug-likeness (QED) is 0.317. The topological polar surface area (TPSA) is 89.3 Å². The van der Waals surface area contributed by atoms with Crippen LogP contribution in [0.1, 0.15) is 16.1 Å². The molecule has 0 saturated heterocycles. The van der Waals surface area contributed by atoms with Crippen molar-refractivity contribution < 1.29 is 17.6 Å². The van der Waals surface area contributed by atoms with Gasteiger partial charge < -0.3 is 9.73 Å². The van der Waals surface area contributed by atoms with Crippen molar-refractivity contribution in [3.63, 3.8) is 0 Å². The lowest BCUT2D eigenvalue weighted by atomic mass is 10.1. The van der Waals surface area contributed by atoms with Gasteiger partial charge in [-0.2, -0.15) is 0 Å². The molecule has 0 aliphatic rings. The molecule has 172 valence electrons. The number of amides is 1. The van der Waals surface area contributed by atoms with Crippen LogP contribution in [-0.4, -0.2) is 19.3 Å². The Morgan fingerprint density at radius 1 is 0.943 bits per heavy atom. The molecule has 0 spiro atoms. The summed E-state index contributed by atoms with van der Waals surface area (Å²) in [6.07, 6.45) is 3.20. The molecule has 0 fully saturated rings. The van der Waals surface area contributed by atoms with Gasteiger partial charge in [0.15, 0.2) is 11.3 Å². The van der Waals surface area contributed by atoms with E-state index in [1.807, 2.05) is 30.3 Å². The van der Waals surface area contributed by atoms with Crippen LogP contribution in [0, 0.1) is 0 Å². The molecule has 0 bridgehead atoms. The second kappa shape index (κ2) is 8.33. The Balaban J connectivity index is 1.24. The Labute approximate surface area is 204 Å². The maximum atomic E-state index is 13.5. The van der Waals surface area contributed by atoms with Gasteiger partial charge in [0, 0.05) is 33.6 Å². The van der Waals surface area contributed by atoms with E-state index in [0.29, 0.717) is 10.5 Å². The number of hydrogen-bond donors (Lipinski definition) is 1. The Kier molecular flexibility index (Phi) is 5.12. The summed E-state index contributed by atoms with van der Waals surface area (Å²) >= 11 is 1.48. The van der Waals surface area contributed by atoms with E-state index < -0.39 is 9.84 Å². The van der Waals surface area contributed by atoms with Crippen molar-refractivity contribution in [1.29, 1.82) is 0 Å². The molecule has 6 aromatic rings. The third kappa shape index (κ3) is 3.77. The number of furan rings is 1. The summed E-state index contributed by atoms with van der Waals surface area (Å²) in [5.74, 6) is -0.155. The summed E-state index contributed by atoms with van der Waals surface area (Å²) in [5, 5.41) is 5.59. The van der Waals surface area contributed by atoms with Gasteiger partial charge in [-0.05, 0) is 42.0 Å². The lowest BCUT2D eigenvalue weighted by Crippen LogP contribution is -2.22. The van der Waals surface area contributed by atoms with Gasteiger partial charge in [-0.25, -0.2) is 8.42 Å². The normalized spacial score (nSPS) is 11.9. The smallest absolute Gasteiger partial charge is 0.287 e. The van der Waals surface area contributed by atoms with Crippen molar-refractivity contribution in [3.8, 4) is 0 Å². The molecular weight excluding hydrogens is 480 g/mol. The minimum absolute atomic E-state index is 0.198. The fourth-order valence-electron chi connectivity index (χ4n) is 4.11. The minimum atomic E-state index is -3.72. The van der Waals surface area contributed by atoms with Crippen LogP contribution < -0.4 is 5.32 Å². The van der Waals surface area contributed by atoms with Crippen LogP contribution in [0.2, 0.25) is 0 Å². The lowest BCUT2D eigenvalue weighted by Gasteiger charge is -2.08. The fourth-order valence-corrected chi connectivity index (χ4v) is 7.04. The van der Waals surface area contributed by atoms with Crippen molar-refractivity contribution in [2.45, 2.75) is 16.3 Å². The fraction of sp³-hybridized carbons (Fsp3) is 0.0370. The molecule has 0 aliphatic carbocycles. The second-order valence-electron chi connectivity index (χ2n) is 8.09. The predicted octanol–water partition coefficient (Wildman–Crippen LogP) is 5.96. The number of hydrogen-bond acceptors (Lipinski definition) is 6. The zero-order valence-corrected chi connectivity index (χ0v) is 19.9. The predicted molar refractivity (Wildman–Crippen MR) is 136 cm³/mol. The van der Waals surface area contributed by atoms with Gasteiger partial charge in [-0.3, -0.25) is 9.78 Å². The summed E-state index contributed by atoms with van der Waals surface area (Å²) < 4.78 is 34.3. The van der Waals surface area contributed by atoms with E-state index in [4.69, 9.17) is 4.42 Å². The number of nitrogens with one attached hydrogen (secondary N) is 1. The van der Waals surface area contributed by atoms with E-state index in [2.05, 4.69) is 10.3 Å². The van der Waals surface area contributed by atoms with Crippen LogP contribution in [0.4, 0.5) is 0 Å². The number of benzene rings is 3. The molecule has 6 rings (SSSR count). The highest BCUT2D eigenvalue weighted by Crippen LogP contribution is 2.39. The van der Waals surface area contributed by atoms with Gasteiger partial charge in [0.05, 0.1) is 20.7 Å². The second-order valence-corrected chi connectivity index (χ2v) is 11.1. The first-order valence-corrected chi connectivity index (χ1v) is 13.2. The van der Waals surface area contributed by atoms with Crippen LogP contribution in [0.3, 0.4) is 0 Å². The lowest BCUT2D eigenvalue weighted by molar-refractivity contribution is 0.0925. The molecule has 6 nitrogen and oxygen atoms in total. The first kappa shape index (κ1) is 21.5. The van der Waals surface area contributed by atoms with Crippen molar-refractivity contribution >= 4 is 58.2 Å². The summed E-state index contributed by atoms with van der Waals surface area (Å²) in [6, 6.07) is 23.3. The first-order chi connectivity index (χ1) is 17.0. The number of nitrogens with zero attached hydrogens (tertiary/aromatic N) is 1. The molecule has 3 aromatic carbocycles. The molecule has 8 heteroatoms. The van der Waals surface area contributed by atoms with E-state index in [9.17, 15) is 13.2 Å². The zero-order chi connectivity index (χ0) is 24.0. The van der Waals surface area contributed by atoms with Gasteiger partial charge in [0.25, 0.3) is 5.91 Å². The number of pyridine rings is 1. The number of aromatic nitrogens is 1. The van der Waals surface area contributed by atoms with Crippen molar-refractivity contribution in [1.82, 2.24) is 10.3 Å². The zero-order valence-electron chi connectivity index (χ0n) is 18.3. The monoisotopic (exact) mass is 498 g/mol. The van der Waals surface area contributed by atoms with Gasteiger partial charge in [-0.1, -0.05) is 42.5 Å². The molecule has 35 heavy (non-hydrogen) atoms. The third-order valence-corrected chi connectivity index (χ3v) is 9.05. The molecule has 1 amide bonds. The van der Waals surface area contributed by atoms with Crippen molar-refractivity contribution in [2.24, 2.45) is 0 Å². The number of carbonyl (C=O) groups excluding carboxylic acids is 1. The molecule has 3 aromatic heterocycles. The molecule has 0 aliphatic heterocycles. The van der Waals surface area contributed by atoms with E-state index in [1.165, 1.54) is 11.3 Å². The SMILES string of the molecule is O=C(NCc1ccc(S(=O)(=O)c2cccc3c2sc2ccccc23)cc1)c1cc2ccncc2o1. The van der Waals surface area contributed by atoms with Crippen LogP contribution in [0.15, 0.2) is 105 Å². The maximum absolute atomic E-state index is 13.5. The van der Waals surface area contributed by atoms with E-state index >= 15 is 0 Å². The Bertz CT molecular complexity index is 1800. The molecule has 0 unspecified atom stereocenters. The summed E-state index contributed by atoms with van der Waals surface area (Å²) in [4.78, 5) is 17.0. The summed E-state index contributed by atoms with van der Waals surface area (Å²) in [7, 11) is -3.72. The highest BCUT2D eigenvalue weighted by molar-refractivity contribution is 7.92. The third-order valence-electron chi connectivity index (χ3n) is 5.89. The summed E-state index contributed by atoms with van der Waals surface area (Å²) in [5.41, 5.74) is 1.32. The largest absolute Gasteiger partial charge is 0.449 e. The van der Waals surface area contributed by atoms with Crippen molar-refractivity contribution in [2.75, 3.05) is 0 Å². The molecular formula is C27H18N2O4S2. The van der Waals surface area contributed by atoms with Crippen molar-refractivity contribution in [3.05, 3.63) is 103 Å². The van der Waals surface area contributed by atoms with Gasteiger partial charge in [0.2, 0.25) is 9.84 Å². The number of rotatable bonds is 5. The van der Waals surface area contributed by atoms with E-state index in [-0.39, 0.29) is 23.1 Å². The molecule has 0 atom stereocenters. The number of fused-ring (bicyclic) bond motifs is 4. The summed E-state index contributed by atoms with van der Waals surface area (Å²) in [6.45, 7) is 0.236. The minimum Gasteiger partial charge on any atom is -0.449 e. The maximum Gasteiger partial charge on any atom is 0.287 e. The van der Waals surface area contributed by atoms with E-state index in [1.54, 1.807) is 60.9 Å². The van der Waals surface area contributed by atoms with E-state index in [0.717, 1.165) is 31.1 Å². The van der Waals surface area contributed by atoms with Crippen LogP contribution in [0.5, 0.6) is 0 Å². The van der Waals surface area contributed by atoms with Crippen LogP contribution in [0.25, 0.3) is 31.1 Å². The average Bonchev–Trinajstić information content (AvgIpc) is 3.49. The Morgan fingerprint density at radius 2 is 1.74 bits per heavy atom. The Hall–Kier alpha value is -4.01. The van der Waals surface area contributed by atoms with Gasteiger partial charge in [-0.15, -0.1) is 11.3 Å². The van der Waals surface area contributed by atoms with Gasteiger partial charge >= 0.3 is 0 Å². The highest BCUT2D eigenvalue weighted by atomic mass is 32.2. The molecule has 0 saturated carbocycles. The molecule has 1 N–H and O–H groups in total. The van der Waals surface area contributed by atoms with Gasteiger partial charge in [0.1, 0.15) is 0 Å². The molecule has 3 heterocycles. The number of sulfone groups is 1. The first-order valence-electron chi connectivity index (χ1n) is 10.9.